The van der Waals surface area contributed by atoms with E-state index in [-0.39, 0.29) is 6.61 Å². The third-order valence-electron chi connectivity index (χ3n) is 7.66. The molecule has 0 unspecified atom stereocenters. The summed E-state index contributed by atoms with van der Waals surface area (Å²) < 4.78 is 0. The number of fused-ring (bicyclic) bond motifs is 1. The van der Waals surface area contributed by atoms with Crippen LogP contribution in [0.3, 0.4) is 0 Å². The summed E-state index contributed by atoms with van der Waals surface area (Å²) in [5.74, 6) is 0. The molecular formula is C30H37N3O. The Morgan fingerprint density at radius 2 is 1.41 bits per heavy atom. The van der Waals surface area contributed by atoms with E-state index < -0.39 is 0 Å². The van der Waals surface area contributed by atoms with Crippen LogP contribution in [-0.2, 0) is 32.5 Å². The van der Waals surface area contributed by atoms with Gasteiger partial charge in [0.05, 0.1) is 6.61 Å². The van der Waals surface area contributed by atoms with Crippen LogP contribution < -0.4 is 4.90 Å². The van der Waals surface area contributed by atoms with Crippen molar-refractivity contribution in [2.24, 2.45) is 0 Å². The van der Waals surface area contributed by atoms with Crippen molar-refractivity contribution >= 4 is 5.69 Å². The molecule has 178 valence electrons. The molecule has 4 nitrogen and oxygen atoms in total. The van der Waals surface area contributed by atoms with Gasteiger partial charge < -0.3 is 14.9 Å². The number of rotatable bonds is 7. The number of aliphatic hydroxyl groups excluding tert-OH is 1. The van der Waals surface area contributed by atoms with Crippen LogP contribution in [0, 0.1) is 0 Å². The summed E-state index contributed by atoms with van der Waals surface area (Å²) in [5, 5.41) is 10.1. The minimum absolute atomic E-state index is 0.133. The summed E-state index contributed by atoms with van der Waals surface area (Å²) in [5.41, 5.74) is 8.11. The van der Waals surface area contributed by atoms with E-state index in [9.17, 15) is 5.11 Å². The number of hydrogen-bond acceptors (Lipinski definition) is 4. The highest BCUT2D eigenvalue weighted by Crippen LogP contribution is 2.36. The average molecular weight is 456 g/mol. The molecule has 3 aromatic carbocycles. The highest BCUT2D eigenvalue weighted by atomic mass is 16.3. The minimum atomic E-state index is 0.133. The van der Waals surface area contributed by atoms with Crippen LogP contribution in [0.5, 0.6) is 0 Å². The molecule has 0 radical (unpaired) electrons. The summed E-state index contributed by atoms with van der Waals surface area (Å²) >= 11 is 0. The van der Waals surface area contributed by atoms with E-state index in [1.807, 2.05) is 0 Å². The first-order valence-corrected chi connectivity index (χ1v) is 12.7. The number of nitrogens with zero attached hydrogens (tertiary/aromatic N) is 3. The first-order chi connectivity index (χ1) is 16.7. The molecule has 0 amide bonds. The zero-order chi connectivity index (χ0) is 23.3. The molecule has 4 heteroatoms. The van der Waals surface area contributed by atoms with Crippen molar-refractivity contribution in [1.29, 1.82) is 0 Å². The lowest BCUT2D eigenvalue weighted by atomic mass is 9.83. The first kappa shape index (κ1) is 23.1. The second kappa shape index (κ2) is 10.7. The maximum absolute atomic E-state index is 10.1. The van der Waals surface area contributed by atoms with Crippen molar-refractivity contribution in [3.05, 3.63) is 101 Å². The normalized spacial score (nSPS) is 18.8. The van der Waals surface area contributed by atoms with Gasteiger partial charge in [0.15, 0.2) is 0 Å². The van der Waals surface area contributed by atoms with E-state index in [0.717, 1.165) is 64.1 Å². The molecule has 0 saturated carbocycles. The number of anilines is 1. The van der Waals surface area contributed by atoms with Gasteiger partial charge in [-0.2, -0.15) is 0 Å². The standard InChI is InChI=1S/C30H37N3O/c1-31-16-18-32(19-17-31)30-15-12-26(23-34)28-14-13-27(20-29(28)30)33(21-24-8-4-2-5-9-24)22-25-10-6-3-7-11-25/h2-12,15,27,34H,13-14,16-23H2,1H3/t27-/m1/s1. The fourth-order valence-electron chi connectivity index (χ4n) is 5.67. The molecule has 1 atom stereocenters. The van der Waals surface area contributed by atoms with E-state index in [0.29, 0.717) is 6.04 Å². The van der Waals surface area contributed by atoms with Gasteiger partial charge in [-0.3, -0.25) is 4.90 Å². The summed E-state index contributed by atoms with van der Waals surface area (Å²) in [6.07, 6.45) is 3.22. The lowest BCUT2D eigenvalue weighted by molar-refractivity contribution is 0.161. The molecule has 1 aliphatic heterocycles. The molecule has 0 bridgehead atoms. The number of hydrogen-bond donors (Lipinski definition) is 1. The smallest absolute Gasteiger partial charge is 0.0684 e. The molecule has 1 heterocycles. The number of likely N-dealkylation sites (N-methyl/N-ethyl adjacent to an activating group) is 1. The van der Waals surface area contributed by atoms with Crippen LogP contribution in [0.1, 0.15) is 34.2 Å². The van der Waals surface area contributed by atoms with E-state index in [4.69, 9.17) is 0 Å². The minimum Gasteiger partial charge on any atom is -0.392 e. The van der Waals surface area contributed by atoms with Gasteiger partial charge in [-0.1, -0.05) is 66.7 Å². The Morgan fingerprint density at radius 1 is 0.794 bits per heavy atom. The summed E-state index contributed by atoms with van der Waals surface area (Å²) in [7, 11) is 2.21. The maximum Gasteiger partial charge on any atom is 0.0684 e. The van der Waals surface area contributed by atoms with Crippen molar-refractivity contribution in [1.82, 2.24) is 9.80 Å². The fourth-order valence-corrected chi connectivity index (χ4v) is 5.67. The second-order valence-corrected chi connectivity index (χ2v) is 9.92. The zero-order valence-electron chi connectivity index (χ0n) is 20.4. The second-order valence-electron chi connectivity index (χ2n) is 9.92. The Bertz CT molecular complexity index is 1020. The molecular weight excluding hydrogens is 418 g/mol. The maximum atomic E-state index is 10.1. The van der Waals surface area contributed by atoms with Gasteiger partial charge in [0.25, 0.3) is 0 Å². The highest BCUT2D eigenvalue weighted by molar-refractivity contribution is 5.60. The zero-order valence-corrected chi connectivity index (χ0v) is 20.4. The SMILES string of the molecule is CN1CCN(c2ccc(CO)c3c2C[C@H](N(Cc2ccccc2)Cc2ccccc2)CC3)CC1. The number of aliphatic hydroxyl groups is 1. The van der Waals surface area contributed by atoms with E-state index in [1.54, 1.807) is 0 Å². The van der Waals surface area contributed by atoms with E-state index in [1.165, 1.54) is 27.9 Å². The lowest BCUT2D eigenvalue weighted by Gasteiger charge is -2.40. The van der Waals surface area contributed by atoms with Crippen molar-refractivity contribution in [3.8, 4) is 0 Å². The molecule has 3 aromatic rings. The topological polar surface area (TPSA) is 30.0 Å². The number of piperazine rings is 1. The predicted molar refractivity (Wildman–Crippen MR) is 140 cm³/mol. The van der Waals surface area contributed by atoms with Crippen LogP contribution >= 0.6 is 0 Å². The lowest BCUT2D eigenvalue weighted by Crippen LogP contribution is -2.45. The third-order valence-corrected chi connectivity index (χ3v) is 7.66. The van der Waals surface area contributed by atoms with Gasteiger partial charge in [0, 0.05) is 51.0 Å². The van der Waals surface area contributed by atoms with Crippen LogP contribution in [0.25, 0.3) is 0 Å². The molecule has 1 aliphatic carbocycles. The van der Waals surface area contributed by atoms with E-state index >= 15 is 0 Å². The molecule has 1 fully saturated rings. The predicted octanol–water partition coefficient (Wildman–Crippen LogP) is 4.49. The van der Waals surface area contributed by atoms with Crippen molar-refractivity contribution in [3.63, 3.8) is 0 Å². The molecule has 5 rings (SSSR count). The van der Waals surface area contributed by atoms with Crippen molar-refractivity contribution in [2.45, 2.75) is 45.0 Å². The summed E-state index contributed by atoms with van der Waals surface area (Å²) in [6, 6.07) is 26.7. The highest BCUT2D eigenvalue weighted by Gasteiger charge is 2.29. The quantitative estimate of drug-likeness (QED) is 0.569. The van der Waals surface area contributed by atoms with Gasteiger partial charge in [-0.25, -0.2) is 0 Å². The molecule has 1 saturated heterocycles. The van der Waals surface area contributed by atoms with Gasteiger partial charge in [-0.05, 0) is 60.2 Å². The van der Waals surface area contributed by atoms with Gasteiger partial charge in [-0.15, -0.1) is 0 Å². The average Bonchev–Trinajstić information content (AvgIpc) is 2.89. The van der Waals surface area contributed by atoms with Crippen molar-refractivity contribution in [2.75, 3.05) is 38.1 Å². The van der Waals surface area contributed by atoms with Crippen LogP contribution in [0.4, 0.5) is 5.69 Å². The van der Waals surface area contributed by atoms with Gasteiger partial charge in [0.2, 0.25) is 0 Å². The van der Waals surface area contributed by atoms with Crippen LogP contribution in [0.15, 0.2) is 72.8 Å². The van der Waals surface area contributed by atoms with Crippen LogP contribution in [-0.4, -0.2) is 54.2 Å². The van der Waals surface area contributed by atoms with E-state index in [2.05, 4.69) is 94.5 Å². The van der Waals surface area contributed by atoms with Crippen molar-refractivity contribution < 1.29 is 5.11 Å². The molecule has 1 N–H and O–H groups in total. The van der Waals surface area contributed by atoms with Gasteiger partial charge in [0.1, 0.15) is 0 Å². The Hall–Kier alpha value is -2.66. The molecule has 0 spiro atoms. The first-order valence-electron chi connectivity index (χ1n) is 12.7. The Kier molecular flexibility index (Phi) is 7.29. The van der Waals surface area contributed by atoms with Crippen LogP contribution in [0.2, 0.25) is 0 Å². The Labute approximate surface area is 204 Å². The molecule has 2 aliphatic rings. The fraction of sp³-hybridized carbons (Fsp3) is 0.400. The van der Waals surface area contributed by atoms with Gasteiger partial charge >= 0.3 is 0 Å². The number of benzene rings is 3. The summed E-state index contributed by atoms with van der Waals surface area (Å²) in [6.45, 7) is 6.40. The Balaban J connectivity index is 1.45. The summed E-state index contributed by atoms with van der Waals surface area (Å²) in [4.78, 5) is 7.66. The largest absolute Gasteiger partial charge is 0.392 e. The monoisotopic (exact) mass is 455 g/mol. The molecule has 34 heavy (non-hydrogen) atoms. The molecule has 0 aromatic heterocycles. The third kappa shape index (κ3) is 5.20. The Morgan fingerprint density at radius 3 is 2.00 bits per heavy atom.